The number of ketones is 1. The minimum Gasteiger partial charge on any atom is -0.504 e. The number of rotatable bonds is 17. The maximum absolute atomic E-state index is 13.0. The smallest absolute Gasteiger partial charge is 0.224 e. The number of phenols is 2. The Morgan fingerprint density at radius 3 is 2.04 bits per heavy atom. The molecule has 4 rings (SSSR count). The summed E-state index contributed by atoms with van der Waals surface area (Å²) in [6.07, 6.45) is 6.57. The van der Waals surface area contributed by atoms with Gasteiger partial charge < -0.3 is 29.7 Å². The van der Waals surface area contributed by atoms with Gasteiger partial charge in [0.1, 0.15) is 0 Å². The number of nitrogens with one attached hydrogen (secondary N) is 1. The van der Waals surface area contributed by atoms with Crippen molar-refractivity contribution in [3.63, 3.8) is 0 Å². The fourth-order valence-corrected chi connectivity index (χ4v) is 6.81. The molecule has 0 bridgehead atoms. The van der Waals surface area contributed by atoms with E-state index < -0.39 is 0 Å². The van der Waals surface area contributed by atoms with Gasteiger partial charge in [0.2, 0.25) is 5.78 Å². The Bertz CT molecular complexity index is 1610. The topological polar surface area (TPSA) is 116 Å². The minimum atomic E-state index is -0.226. The number of hydrogen-bond acceptors (Lipinski definition) is 10. The summed E-state index contributed by atoms with van der Waals surface area (Å²) in [4.78, 5) is 22.6. The lowest BCUT2D eigenvalue weighted by molar-refractivity contribution is -0.116. The van der Waals surface area contributed by atoms with Crippen molar-refractivity contribution in [3.8, 4) is 23.0 Å². The van der Waals surface area contributed by atoms with E-state index in [9.17, 15) is 15.0 Å². The van der Waals surface area contributed by atoms with Crippen molar-refractivity contribution in [3.05, 3.63) is 71.1 Å². The number of hydrogen-bond donors (Lipinski definition) is 3. The van der Waals surface area contributed by atoms with Crippen molar-refractivity contribution in [2.75, 3.05) is 39.3 Å². The molecule has 1 aliphatic heterocycles. The summed E-state index contributed by atoms with van der Waals surface area (Å²) >= 11 is 0. The van der Waals surface area contributed by atoms with E-state index in [1.807, 2.05) is 84.2 Å². The Hall–Kier alpha value is -4.02. The number of carbonyl (C=O) groups is 1. The number of aliphatic imine (C=N–C) groups is 1. The van der Waals surface area contributed by atoms with Gasteiger partial charge in [0.15, 0.2) is 28.8 Å². The molecule has 2 aliphatic rings. The molecule has 2 aromatic carbocycles. The third kappa shape index (κ3) is 11.2. The summed E-state index contributed by atoms with van der Waals surface area (Å²) in [7, 11) is 0. The Labute approximate surface area is 311 Å². The number of aromatic hydroxyl groups is 2. The van der Waals surface area contributed by atoms with Gasteiger partial charge in [0.25, 0.3) is 0 Å². The third-order valence-corrected chi connectivity index (χ3v) is 8.92. The van der Waals surface area contributed by atoms with Gasteiger partial charge in [-0.1, -0.05) is 45.9 Å². The lowest BCUT2D eigenvalue weighted by Crippen LogP contribution is -2.43. The van der Waals surface area contributed by atoms with Crippen molar-refractivity contribution in [1.82, 2.24) is 15.1 Å². The van der Waals surface area contributed by atoms with Crippen molar-refractivity contribution in [1.29, 1.82) is 0 Å². The summed E-state index contributed by atoms with van der Waals surface area (Å²) < 4.78 is 17.5. The van der Waals surface area contributed by atoms with Crippen LogP contribution in [-0.2, 0) is 9.53 Å². The van der Waals surface area contributed by atoms with Crippen LogP contribution in [0.2, 0.25) is 0 Å². The highest BCUT2D eigenvalue weighted by Crippen LogP contribution is 2.42. The monoisotopic (exact) mass is 718 g/mol. The van der Waals surface area contributed by atoms with Crippen LogP contribution in [0.1, 0.15) is 99.4 Å². The first-order valence-corrected chi connectivity index (χ1v) is 18.8. The normalized spacial score (nSPS) is 18.6. The predicted molar refractivity (Wildman–Crippen MR) is 208 cm³/mol. The number of nitrogens with zero attached hydrogens (tertiary/aromatic N) is 3. The van der Waals surface area contributed by atoms with Crippen LogP contribution < -0.4 is 14.8 Å². The van der Waals surface area contributed by atoms with Gasteiger partial charge in [-0.05, 0) is 89.5 Å². The molecule has 10 heteroatoms. The van der Waals surface area contributed by atoms with Crippen LogP contribution in [0.5, 0.6) is 23.0 Å². The van der Waals surface area contributed by atoms with Crippen LogP contribution in [0.25, 0.3) is 0 Å². The Kier molecular flexibility index (Phi) is 13.8. The van der Waals surface area contributed by atoms with E-state index in [2.05, 4.69) is 42.8 Å². The molecule has 0 aromatic heterocycles. The first-order chi connectivity index (χ1) is 24.5. The highest BCUT2D eigenvalue weighted by molar-refractivity contribution is 6.07. The Morgan fingerprint density at radius 2 is 1.42 bits per heavy atom. The molecule has 0 spiro atoms. The largest absolute Gasteiger partial charge is 0.504 e. The summed E-state index contributed by atoms with van der Waals surface area (Å²) in [5.41, 5.74) is 1.77. The van der Waals surface area contributed by atoms with Gasteiger partial charge in [-0.25, -0.2) is 0 Å². The Balaban J connectivity index is 1.51. The molecule has 1 fully saturated rings. The van der Waals surface area contributed by atoms with Gasteiger partial charge in [0, 0.05) is 68.4 Å². The summed E-state index contributed by atoms with van der Waals surface area (Å²) in [5.74, 6) is 1.57. The van der Waals surface area contributed by atoms with Crippen molar-refractivity contribution in [2.45, 2.75) is 107 Å². The van der Waals surface area contributed by atoms with Crippen LogP contribution in [-0.4, -0.2) is 89.6 Å². The van der Waals surface area contributed by atoms with E-state index in [1.165, 1.54) is 0 Å². The number of carbonyl (C=O) groups excluding carboxylic acids is 1. The summed E-state index contributed by atoms with van der Waals surface area (Å²) in [5, 5.41) is 25.8. The molecule has 1 saturated heterocycles. The number of para-hydroxylation sites is 2. The summed E-state index contributed by atoms with van der Waals surface area (Å²) in [6, 6.07) is 11.2. The van der Waals surface area contributed by atoms with E-state index in [1.54, 1.807) is 12.3 Å². The van der Waals surface area contributed by atoms with E-state index >= 15 is 0 Å². The molecule has 0 amide bonds. The molecule has 10 nitrogen and oxygen atoms in total. The number of ether oxygens (including phenoxy) is 3. The first-order valence-electron chi connectivity index (χ1n) is 18.8. The SMILES string of the molecule is CC(C)OC1=CCCC(=CNCC(C)(C)CN2CCN(CC(C)(C)CN=Cc3cccc(OC(C)C)c3O)C2c2cccc(OC(C)C)c2O)C1=O. The number of benzene rings is 2. The van der Waals surface area contributed by atoms with Gasteiger partial charge >= 0.3 is 0 Å². The molecular formula is C42H62N4O6. The summed E-state index contributed by atoms with van der Waals surface area (Å²) in [6.45, 7) is 24.8. The predicted octanol–water partition coefficient (Wildman–Crippen LogP) is 7.61. The molecule has 0 saturated carbocycles. The molecular weight excluding hydrogens is 656 g/mol. The van der Waals surface area contributed by atoms with E-state index in [-0.39, 0.29) is 52.6 Å². The van der Waals surface area contributed by atoms with Crippen LogP contribution >= 0.6 is 0 Å². The van der Waals surface area contributed by atoms with Gasteiger partial charge in [-0.15, -0.1) is 0 Å². The van der Waals surface area contributed by atoms with Gasteiger partial charge in [0.05, 0.1) is 24.5 Å². The second-order valence-corrected chi connectivity index (χ2v) is 16.5. The molecule has 3 N–H and O–H groups in total. The highest BCUT2D eigenvalue weighted by Gasteiger charge is 2.40. The van der Waals surface area contributed by atoms with E-state index in [0.717, 1.165) is 43.7 Å². The van der Waals surface area contributed by atoms with Crippen LogP contribution in [0.4, 0.5) is 0 Å². The second kappa shape index (κ2) is 17.7. The molecule has 1 aliphatic carbocycles. The zero-order chi connectivity index (χ0) is 38.2. The second-order valence-electron chi connectivity index (χ2n) is 16.5. The fraction of sp³-hybridized carbons (Fsp3) is 0.571. The standard InChI is InChI=1S/C42H62N4O6/c1-28(2)50-34-17-11-14-31(37(34)47)22-43-24-41(7,8)26-45-20-21-46(40(45)33-16-13-19-36(39(33)49)52-30(5)6)27-42(9,10)25-44-23-32-15-12-18-35(38(32)48)51-29(3)4/h11,13-14,16-19,22-23,28-30,40,44,47,49H,12,15,20-21,24-27H2,1-10H3. The molecule has 52 heavy (non-hydrogen) atoms. The molecule has 2 aromatic rings. The van der Waals surface area contributed by atoms with Crippen molar-refractivity contribution >= 4 is 12.0 Å². The zero-order valence-electron chi connectivity index (χ0n) is 33.0. The molecule has 286 valence electrons. The number of phenolic OH excluding ortho intramolecular Hbond substituents is 2. The highest BCUT2D eigenvalue weighted by atomic mass is 16.5. The number of allylic oxidation sites excluding steroid dienone is 2. The molecule has 1 atom stereocenters. The quantitative estimate of drug-likeness (QED) is 0.112. The molecule has 1 unspecified atom stereocenters. The third-order valence-electron chi connectivity index (χ3n) is 8.92. The minimum absolute atomic E-state index is 0.0445. The zero-order valence-corrected chi connectivity index (χ0v) is 33.0. The maximum atomic E-state index is 13.0. The van der Waals surface area contributed by atoms with Crippen molar-refractivity contribution in [2.24, 2.45) is 15.8 Å². The van der Waals surface area contributed by atoms with E-state index in [0.29, 0.717) is 42.3 Å². The number of Topliss-reactive ketones (excluding diaryl/α,β-unsaturated/α-hetero) is 1. The average molecular weight is 719 g/mol. The van der Waals surface area contributed by atoms with Gasteiger partial charge in [-0.3, -0.25) is 19.6 Å². The lowest BCUT2D eigenvalue weighted by Gasteiger charge is -2.38. The van der Waals surface area contributed by atoms with Crippen LogP contribution in [0.15, 0.2) is 65.0 Å². The maximum Gasteiger partial charge on any atom is 0.224 e. The molecule has 1 heterocycles. The fourth-order valence-electron chi connectivity index (χ4n) is 6.81. The van der Waals surface area contributed by atoms with Gasteiger partial charge in [-0.2, -0.15) is 0 Å². The van der Waals surface area contributed by atoms with Crippen LogP contribution in [0.3, 0.4) is 0 Å². The van der Waals surface area contributed by atoms with Crippen molar-refractivity contribution < 1.29 is 29.2 Å². The lowest BCUT2D eigenvalue weighted by atomic mass is 9.91. The first kappa shape index (κ1) is 40.7. The average Bonchev–Trinajstić information content (AvgIpc) is 3.40. The van der Waals surface area contributed by atoms with E-state index in [4.69, 9.17) is 19.2 Å². The Morgan fingerprint density at radius 1 is 0.846 bits per heavy atom. The van der Waals surface area contributed by atoms with Crippen LogP contribution in [0, 0.1) is 10.8 Å². The molecule has 0 radical (unpaired) electrons.